The van der Waals surface area contributed by atoms with Crippen LogP contribution in [0, 0.1) is 11.6 Å². The standard InChI is InChI=1S/C27H22Cl2F2N2O3/c1-3-32(4-2)18-9-5-15(6-10-18)24-23(25(34)16-7-11-19(28)20(29)13-16)26(35)27(36)33(24)22-14-17(30)8-12-21(22)31/h5-14,24,34H,3-4H2,1-2H3/b25-23+. The number of nitrogens with zero attached hydrogens (tertiary/aromatic N) is 2. The van der Waals surface area contributed by atoms with E-state index in [1.165, 1.54) is 18.2 Å². The number of anilines is 2. The monoisotopic (exact) mass is 530 g/mol. The lowest BCUT2D eigenvalue weighted by atomic mass is 9.94. The molecule has 1 unspecified atom stereocenters. The summed E-state index contributed by atoms with van der Waals surface area (Å²) in [5.74, 6) is -4.32. The number of carbonyl (C=O) groups excluding carboxylic acids is 2. The molecule has 36 heavy (non-hydrogen) atoms. The van der Waals surface area contributed by atoms with Gasteiger partial charge < -0.3 is 10.0 Å². The first-order valence-corrected chi connectivity index (χ1v) is 12.0. The van der Waals surface area contributed by atoms with Crippen LogP contribution in [0.15, 0.2) is 66.2 Å². The lowest BCUT2D eigenvalue weighted by Crippen LogP contribution is -2.30. The Morgan fingerprint density at radius 2 is 1.61 bits per heavy atom. The zero-order chi connectivity index (χ0) is 26.1. The van der Waals surface area contributed by atoms with Gasteiger partial charge in [0.05, 0.1) is 27.3 Å². The molecule has 186 valence electrons. The molecule has 3 aromatic carbocycles. The number of carbonyl (C=O) groups is 2. The summed E-state index contributed by atoms with van der Waals surface area (Å²) in [6, 6.07) is 12.7. The molecule has 1 amide bonds. The van der Waals surface area contributed by atoms with Crippen molar-refractivity contribution in [1.29, 1.82) is 0 Å². The molecule has 0 saturated carbocycles. The van der Waals surface area contributed by atoms with Crippen molar-refractivity contribution in [2.45, 2.75) is 19.9 Å². The lowest BCUT2D eigenvalue weighted by molar-refractivity contribution is -0.132. The highest BCUT2D eigenvalue weighted by atomic mass is 35.5. The van der Waals surface area contributed by atoms with Gasteiger partial charge in [0.2, 0.25) is 0 Å². The normalized spacial score (nSPS) is 17.1. The van der Waals surface area contributed by atoms with E-state index in [2.05, 4.69) is 4.90 Å². The van der Waals surface area contributed by atoms with Crippen LogP contribution in [0.1, 0.15) is 31.0 Å². The van der Waals surface area contributed by atoms with Crippen LogP contribution in [0.25, 0.3) is 5.76 Å². The van der Waals surface area contributed by atoms with Crippen molar-refractivity contribution < 1.29 is 23.5 Å². The fraction of sp³-hybridized carbons (Fsp3) is 0.185. The molecule has 0 aliphatic carbocycles. The van der Waals surface area contributed by atoms with Crippen LogP contribution in [-0.4, -0.2) is 29.9 Å². The van der Waals surface area contributed by atoms with Crippen molar-refractivity contribution in [3.8, 4) is 0 Å². The molecule has 0 spiro atoms. The second kappa shape index (κ2) is 10.3. The summed E-state index contributed by atoms with van der Waals surface area (Å²) in [5, 5.41) is 11.5. The van der Waals surface area contributed by atoms with Crippen molar-refractivity contribution >= 4 is 52.0 Å². The van der Waals surface area contributed by atoms with E-state index >= 15 is 0 Å². The second-order valence-corrected chi connectivity index (χ2v) is 8.97. The molecular weight excluding hydrogens is 509 g/mol. The maximum atomic E-state index is 14.8. The van der Waals surface area contributed by atoms with E-state index in [0.29, 0.717) is 5.56 Å². The van der Waals surface area contributed by atoms with Gasteiger partial charge in [-0.3, -0.25) is 14.5 Å². The summed E-state index contributed by atoms with van der Waals surface area (Å²) in [4.78, 5) is 29.4. The summed E-state index contributed by atoms with van der Waals surface area (Å²) in [5.41, 5.74) is 0.783. The summed E-state index contributed by atoms with van der Waals surface area (Å²) in [7, 11) is 0. The lowest BCUT2D eigenvalue weighted by Gasteiger charge is -2.27. The molecule has 1 N–H and O–H groups in total. The average Bonchev–Trinajstić information content (AvgIpc) is 3.13. The van der Waals surface area contributed by atoms with Crippen molar-refractivity contribution in [2.24, 2.45) is 0 Å². The predicted octanol–water partition coefficient (Wildman–Crippen LogP) is 6.74. The Labute approximate surface area is 217 Å². The topological polar surface area (TPSA) is 60.9 Å². The summed E-state index contributed by atoms with van der Waals surface area (Å²) < 4.78 is 28.9. The SMILES string of the molecule is CCN(CC)c1ccc(C2/C(=C(\O)c3ccc(Cl)c(Cl)c3)C(=O)C(=O)N2c2cc(F)ccc2F)cc1. The molecule has 0 aromatic heterocycles. The van der Waals surface area contributed by atoms with Gasteiger partial charge in [-0.2, -0.15) is 0 Å². The molecule has 5 nitrogen and oxygen atoms in total. The second-order valence-electron chi connectivity index (χ2n) is 8.16. The molecule has 1 saturated heterocycles. The Morgan fingerprint density at radius 1 is 0.944 bits per heavy atom. The van der Waals surface area contributed by atoms with Crippen molar-refractivity contribution in [3.05, 3.63) is 99.0 Å². The summed E-state index contributed by atoms with van der Waals surface area (Å²) in [6.45, 7) is 5.55. The molecule has 3 aromatic rings. The first-order valence-electron chi connectivity index (χ1n) is 11.2. The number of ketones is 1. The maximum absolute atomic E-state index is 14.8. The Kier molecular flexibility index (Phi) is 7.33. The number of aliphatic hydroxyl groups is 1. The van der Waals surface area contributed by atoms with Gasteiger partial charge in [0, 0.05) is 30.4 Å². The van der Waals surface area contributed by atoms with Gasteiger partial charge in [-0.1, -0.05) is 35.3 Å². The van der Waals surface area contributed by atoms with E-state index < -0.39 is 40.8 Å². The van der Waals surface area contributed by atoms with Gasteiger partial charge in [-0.25, -0.2) is 8.78 Å². The third-order valence-corrected chi connectivity index (χ3v) is 6.88. The maximum Gasteiger partial charge on any atom is 0.300 e. The smallest absolute Gasteiger partial charge is 0.300 e. The van der Waals surface area contributed by atoms with Gasteiger partial charge in [0.1, 0.15) is 17.4 Å². The molecular formula is C27H22Cl2F2N2O3. The predicted molar refractivity (Wildman–Crippen MR) is 138 cm³/mol. The number of hydrogen-bond donors (Lipinski definition) is 1. The van der Waals surface area contributed by atoms with Crippen molar-refractivity contribution in [2.75, 3.05) is 22.9 Å². The van der Waals surface area contributed by atoms with Crippen LogP contribution >= 0.6 is 23.2 Å². The minimum Gasteiger partial charge on any atom is -0.507 e. The fourth-order valence-electron chi connectivity index (χ4n) is 4.32. The minimum atomic E-state index is -1.22. The highest BCUT2D eigenvalue weighted by Gasteiger charge is 2.47. The van der Waals surface area contributed by atoms with Gasteiger partial charge in [-0.05, 0) is 61.9 Å². The third-order valence-electron chi connectivity index (χ3n) is 6.14. The van der Waals surface area contributed by atoms with Gasteiger partial charge >= 0.3 is 0 Å². The van der Waals surface area contributed by atoms with Crippen LogP contribution in [0.3, 0.4) is 0 Å². The molecule has 9 heteroatoms. The first-order chi connectivity index (χ1) is 17.2. The number of hydrogen-bond acceptors (Lipinski definition) is 4. The number of benzene rings is 3. The van der Waals surface area contributed by atoms with Gasteiger partial charge in [0.25, 0.3) is 11.7 Å². The Hall–Kier alpha value is -3.42. The molecule has 1 heterocycles. The molecule has 1 aliphatic heterocycles. The Morgan fingerprint density at radius 3 is 2.22 bits per heavy atom. The zero-order valence-corrected chi connectivity index (χ0v) is 20.9. The highest BCUT2D eigenvalue weighted by Crippen LogP contribution is 2.43. The molecule has 1 fully saturated rings. The number of amides is 1. The summed E-state index contributed by atoms with van der Waals surface area (Å²) >= 11 is 12.1. The highest BCUT2D eigenvalue weighted by molar-refractivity contribution is 6.51. The minimum absolute atomic E-state index is 0.131. The van der Waals surface area contributed by atoms with E-state index in [1.807, 2.05) is 26.0 Å². The van der Waals surface area contributed by atoms with Gasteiger partial charge in [0.15, 0.2) is 0 Å². The van der Waals surface area contributed by atoms with E-state index in [0.717, 1.165) is 41.9 Å². The first kappa shape index (κ1) is 25.7. The van der Waals surface area contributed by atoms with Crippen molar-refractivity contribution in [1.82, 2.24) is 0 Å². The molecule has 1 aliphatic rings. The van der Waals surface area contributed by atoms with Crippen LogP contribution < -0.4 is 9.80 Å². The third kappa shape index (κ3) is 4.56. The van der Waals surface area contributed by atoms with Crippen LogP contribution in [0.5, 0.6) is 0 Å². The average molecular weight is 531 g/mol. The number of halogens is 4. The van der Waals surface area contributed by atoms with E-state index in [-0.39, 0.29) is 21.2 Å². The van der Waals surface area contributed by atoms with Crippen LogP contribution in [-0.2, 0) is 9.59 Å². The van der Waals surface area contributed by atoms with Crippen LogP contribution in [0.4, 0.5) is 20.2 Å². The molecule has 4 rings (SSSR count). The van der Waals surface area contributed by atoms with E-state index in [1.54, 1.807) is 12.1 Å². The van der Waals surface area contributed by atoms with Crippen molar-refractivity contribution in [3.63, 3.8) is 0 Å². The number of rotatable bonds is 6. The number of Topliss-reactive ketones (excluding diaryl/α,β-unsaturated/α-hetero) is 1. The Balaban J connectivity index is 1.94. The number of aliphatic hydroxyl groups excluding tert-OH is 1. The van der Waals surface area contributed by atoms with Crippen LogP contribution in [0.2, 0.25) is 10.0 Å². The molecule has 0 bridgehead atoms. The van der Waals surface area contributed by atoms with E-state index in [9.17, 15) is 23.5 Å². The fourth-order valence-corrected chi connectivity index (χ4v) is 4.62. The van der Waals surface area contributed by atoms with Gasteiger partial charge in [-0.15, -0.1) is 0 Å². The zero-order valence-electron chi connectivity index (χ0n) is 19.4. The largest absolute Gasteiger partial charge is 0.507 e. The molecule has 1 atom stereocenters. The quantitative estimate of drug-likeness (QED) is 0.217. The van der Waals surface area contributed by atoms with E-state index in [4.69, 9.17) is 23.2 Å². The summed E-state index contributed by atoms with van der Waals surface area (Å²) in [6.07, 6.45) is 0. The molecule has 0 radical (unpaired) electrons. The Bertz CT molecular complexity index is 1370.